The molecule has 10 heteroatoms. The molecule has 1 aromatic carbocycles. The number of hydrogen-bond acceptors (Lipinski definition) is 8. The highest BCUT2D eigenvalue weighted by molar-refractivity contribution is 7.90. The number of sulfonamides is 1. The van der Waals surface area contributed by atoms with Crippen LogP contribution >= 0.6 is 11.3 Å². The molecule has 262 valence electrons. The van der Waals surface area contributed by atoms with Gasteiger partial charge in [-0.2, -0.15) is 0 Å². The third kappa shape index (κ3) is 17.1. The lowest BCUT2D eigenvalue weighted by molar-refractivity contribution is -0.152. The van der Waals surface area contributed by atoms with Gasteiger partial charge in [-0.1, -0.05) is 69.2 Å². The Balaban J connectivity index is -0.000000285. The Morgan fingerprint density at radius 3 is 1.78 bits per heavy atom. The Kier molecular flexibility index (Phi) is 26.0. The monoisotopic (exact) mass is 671 g/mol. The number of para-hydroxylation sites is 2. The summed E-state index contributed by atoms with van der Waals surface area (Å²) in [6.45, 7) is 14.7. The van der Waals surface area contributed by atoms with Gasteiger partial charge in [0.05, 0.1) is 33.2 Å². The molecule has 0 bridgehead atoms. The van der Waals surface area contributed by atoms with Crippen molar-refractivity contribution in [2.75, 3.05) is 0 Å². The van der Waals surface area contributed by atoms with Crippen LogP contribution < -0.4 is 9.46 Å². The molecule has 4 rings (SSSR count). The van der Waals surface area contributed by atoms with Crippen molar-refractivity contribution in [2.45, 2.75) is 142 Å². The van der Waals surface area contributed by atoms with Crippen LogP contribution in [0.1, 0.15) is 118 Å². The summed E-state index contributed by atoms with van der Waals surface area (Å²) in [6.07, 6.45) is 4.88. The number of hydrogen-bond donors (Lipinski definition) is 1. The molecule has 1 aliphatic carbocycles. The number of rotatable bonds is 8. The van der Waals surface area contributed by atoms with Crippen molar-refractivity contribution in [3.63, 3.8) is 0 Å². The quantitative estimate of drug-likeness (QED) is 0.237. The summed E-state index contributed by atoms with van der Waals surface area (Å²) in [6, 6.07) is 11.9. The maximum Gasteiger partial charge on any atom is 0.308 e. The lowest BCUT2D eigenvalue weighted by Gasteiger charge is -2.12. The fraction of sp³-hybridized carbons (Fsp3) is 0.629. The maximum absolute atomic E-state index is 11.1. The molecule has 2 aromatic heterocycles. The molecule has 0 aliphatic heterocycles. The van der Waals surface area contributed by atoms with Crippen molar-refractivity contribution in [1.82, 2.24) is 14.7 Å². The van der Waals surface area contributed by atoms with Gasteiger partial charge in [-0.15, -0.1) is 11.3 Å². The van der Waals surface area contributed by atoms with Crippen LogP contribution in [0.4, 0.5) is 0 Å². The lowest BCUT2D eigenvalue weighted by atomic mass is 10.2. The zero-order chi connectivity index (χ0) is 29.9. The molecule has 3 aromatic rings. The van der Waals surface area contributed by atoms with E-state index in [1.165, 1.54) is 12.8 Å². The standard InChI is InChI=1S/C15H14N2OS.C9H16O2.C6H15NO2S.5CH4/c1-10(2)18-15-14(13-8-5-9-19-13)16-11-6-3-4-7-12(11)17-15;1-7(2)9(10)11-8-5-3-4-6-8;1-5(2)7-10(8,9)6(3)4;;;;;/h3-10H,1-2H3;7-8H,3-6H2,1-2H3;5-7H,1-4H3;5*1H4. The molecule has 8 nitrogen and oxygen atoms in total. The molecule has 0 unspecified atom stereocenters. The van der Waals surface area contributed by atoms with Gasteiger partial charge in [0.2, 0.25) is 15.9 Å². The van der Waals surface area contributed by atoms with Crippen molar-refractivity contribution in [2.24, 2.45) is 5.92 Å². The van der Waals surface area contributed by atoms with Gasteiger partial charge in [-0.05, 0) is 90.8 Å². The van der Waals surface area contributed by atoms with E-state index in [0.717, 1.165) is 34.4 Å². The maximum atomic E-state index is 11.1. The first-order valence-corrected chi connectivity index (χ1v) is 16.4. The molecule has 0 spiro atoms. The number of ether oxygens (including phenoxy) is 2. The predicted molar refractivity (Wildman–Crippen MR) is 198 cm³/mol. The van der Waals surface area contributed by atoms with Crippen LogP contribution in [-0.2, 0) is 19.6 Å². The van der Waals surface area contributed by atoms with Crippen molar-refractivity contribution in [1.29, 1.82) is 0 Å². The molecule has 0 radical (unpaired) electrons. The normalized spacial score (nSPS) is 12.3. The summed E-state index contributed by atoms with van der Waals surface area (Å²) in [5.74, 6) is 0.587. The number of thiophene rings is 1. The highest BCUT2D eigenvalue weighted by Crippen LogP contribution is 2.32. The zero-order valence-corrected chi connectivity index (χ0v) is 26.6. The predicted octanol–water partition coefficient (Wildman–Crippen LogP) is 10.2. The van der Waals surface area contributed by atoms with E-state index >= 15 is 0 Å². The van der Waals surface area contributed by atoms with Gasteiger partial charge >= 0.3 is 5.97 Å². The smallest absolute Gasteiger partial charge is 0.308 e. The third-order valence-electron chi connectivity index (χ3n) is 5.72. The van der Waals surface area contributed by atoms with Crippen LogP contribution in [0.5, 0.6) is 5.88 Å². The van der Waals surface area contributed by atoms with Crippen LogP contribution in [0.25, 0.3) is 21.6 Å². The first-order chi connectivity index (χ1) is 18.8. The van der Waals surface area contributed by atoms with E-state index < -0.39 is 10.0 Å². The summed E-state index contributed by atoms with van der Waals surface area (Å²) in [4.78, 5) is 21.4. The van der Waals surface area contributed by atoms with Gasteiger partial charge in [-0.25, -0.2) is 23.1 Å². The SMILES string of the molecule is C.C.C.C.C.CC(C)C(=O)OC1CCCC1.CC(C)NS(=O)(=O)C(C)C.CC(C)Oc1nc2ccccc2nc1-c1cccs1. The minimum Gasteiger partial charge on any atom is -0.473 e. The Bertz CT molecular complexity index is 1290. The van der Waals surface area contributed by atoms with E-state index in [9.17, 15) is 13.2 Å². The lowest BCUT2D eigenvalue weighted by Crippen LogP contribution is -2.35. The van der Waals surface area contributed by atoms with Crippen LogP contribution in [0.2, 0.25) is 0 Å². The van der Waals surface area contributed by atoms with E-state index in [2.05, 4.69) is 9.71 Å². The van der Waals surface area contributed by atoms with Crippen molar-refractivity contribution in [3.8, 4) is 16.5 Å². The average molecular weight is 672 g/mol. The highest BCUT2D eigenvalue weighted by Gasteiger charge is 2.20. The second-order valence-corrected chi connectivity index (χ2v) is 14.1. The Morgan fingerprint density at radius 2 is 1.38 bits per heavy atom. The molecule has 1 saturated carbocycles. The minimum atomic E-state index is -3.05. The van der Waals surface area contributed by atoms with Gasteiger partial charge in [0, 0.05) is 6.04 Å². The third-order valence-corrected chi connectivity index (χ3v) is 8.64. The van der Waals surface area contributed by atoms with E-state index in [-0.39, 0.29) is 72.5 Å². The molecule has 1 N–H and O–H groups in total. The molecule has 45 heavy (non-hydrogen) atoms. The first-order valence-electron chi connectivity index (χ1n) is 14.0. The summed E-state index contributed by atoms with van der Waals surface area (Å²) in [7, 11) is -3.05. The summed E-state index contributed by atoms with van der Waals surface area (Å²) >= 11 is 1.64. The van der Waals surface area contributed by atoms with Gasteiger partial charge in [-0.3, -0.25) is 4.79 Å². The molecular formula is C35H65N3O5S2. The van der Waals surface area contributed by atoms with E-state index in [0.29, 0.717) is 5.88 Å². The Morgan fingerprint density at radius 1 is 0.844 bits per heavy atom. The van der Waals surface area contributed by atoms with Gasteiger partial charge in [0.1, 0.15) is 11.8 Å². The molecule has 0 amide bonds. The average Bonchev–Trinajstić information content (AvgIpc) is 3.58. The fourth-order valence-electron chi connectivity index (χ4n) is 3.63. The molecule has 0 atom stereocenters. The zero-order valence-electron chi connectivity index (χ0n) is 25.0. The topological polar surface area (TPSA) is 107 Å². The second kappa shape index (κ2) is 23.7. The van der Waals surface area contributed by atoms with E-state index in [1.807, 2.05) is 69.5 Å². The van der Waals surface area contributed by atoms with E-state index in [1.54, 1.807) is 39.0 Å². The number of fused-ring (bicyclic) bond motifs is 1. The van der Waals surface area contributed by atoms with Gasteiger partial charge < -0.3 is 9.47 Å². The van der Waals surface area contributed by atoms with Crippen LogP contribution in [-0.4, -0.2) is 47.9 Å². The minimum absolute atomic E-state index is 0. The van der Waals surface area contributed by atoms with Crippen LogP contribution in [0.15, 0.2) is 41.8 Å². The number of nitrogens with zero attached hydrogens (tertiary/aromatic N) is 2. The second-order valence-electron chi connectivity index (χ2n) is 10.9. The number of benzene rings is 1. The highest BCUT2D eigenvalue weighted by atomic mass is 32.2. The number of carbonyl (C=O) groups is 1. The summed E-state index contributed by atoms with van der Waals surface area (Å²) in [5.41, 5.74) is 2.57. The number of esters is 1. The molecule has 0 saturated heterocycles. The summed E-state index contributed by atoms with van der Waals surface area (Å²) < 4.78 is 35.6. The van der Waals surface area contributed by atoms with Crippen molar-refractivity contribution < 1.29 is 22.7 Å². The van der Waals surface area contributed by atoms with Crippen LogP contribution in [0.3, 0.4) is 0 Å². The molecular weight excluding hydrogens is 607 g/mol. The Labute approximate surface area is 280 Å². The number of nitrogens with one attached hydrogen (secondary N) is 1. The van der Waals surface area contributed by atoms with Crippen LogP contribution in [0, 0.1) is 5.92 Å². The van der Waals surface area contributed by atoms with Crippen molar-refractivity contribution in [3.05, 3.63) is 41.8 Å². The largest absolute Gasteiger partial charge is 0.473 e. The number of carbonyl (C=O) groups excluding carboxylic acids is 1. The van der Waals surface area contributed by atoms with E-state index in [4.69, 9.17) is 14.5 Å². The molecule has 1 fully saturated rings. The Hall–Kier alpha value is -2.56. The van der Waals surface area contributed by atoms with Crippen molar-refractivity contribution >= 4 is 38.4 Å². The van der Waals surface area contributed by atoms with Gasteiger partial charge in [0.15, 0.2) is 0 Å². The molecule has 1 aliphatic rings. The summed E-state index contributed by atoms with van der Waals surface area (Å²) in [5, 5.41) is 1.70. The first kappa shape index (κ1) is 49.3. The number of aromatic nitrogens is 2. The fourth-order valence-corrected chi connectivity index (χ4v) is 5.27. The molecule has 2 heterocycles. The van der Waals surface area contributed by atoms with Gasteiger partial charge in [0.25, 0.3) is 0 Å².